The van der Waals surface area contributed by atoms with E-state index in [1.54, 1.807) is 0 Å². The molecule has 0 bridgehead atoms. The van der Waals surface area contributed by atoms with Gasteiger partial charge in [0.15, 0.2) is 0 Å². The van der Waals surface area contributed by atoms with Gasteiger partial charge in [-0.1, -0.05) is 141 Å². The van der Waals surface area contributed by atoms with Crippen LogP contribution in [-0.2, 0) is 19.1 Å². The molecular formula is C41H76N2O5S. The lowest BCUT2D eigenvalue weighted by Crippen LogP contribution is -2.31. The number of thioether (sulfide) groups is 1. The Hall–Kier alpha value is -1.80. The molecule has 0 aromatic carbocycles. The van der Waals surface area contributed by atoms with E-state index in [1.165, 1.54) is 63.1 Å². The van der Waals surface area contributed by atoms with Gasteiger partial charge in [0.25, 0.3) is 5.24 Å². The quantitative estimate of drug-likeness (QED) is 0.0368. The molecule has 0 unspecified atom stereocenters. The molecule has 0 aliphatic rings. The Morgan fingerprint density at radius 2 is 0.939 bits per heavy atom. The molecule has 0 radical (unpaired) electrons. The Bertz CT molecular complexity index is 779. The predicted molar refractivity (Wildman–Crippen MR) is 210 cm³/mol. The van der Waals surface area contributed by atoms with Crippen molar-refractivity contribution in [3.8, 4) is 0 Å². The molecule has 0 heterocycles. The number of unbranched alkanes of at least 4 members (excludes halogenated alkanes) is 16. The standard InChI is InChI=1S/C41H76N2O5S/c1-5-9-11-13-15-23-29-36-47-39(44)31-25-19-17-21-27-33-43(41(46)49-38-35-42(7-3)8-4)34-28-22-18-20-26-32-40(45)48-37-30-24-16-14-12-10-6-2/h23-24,29-30H,5-22,25-28,31-38H2,1-4H3. The van der Waals surface area contributed by atoms with Crippen LogP contribution in [0.1, 0.15) is 169 Å². The maximum atomic E-state index is 13.1. The van der Waals surface area contributed by atoms with E-state index in [1.807, 2.05) is 12.2 Å². The second-order valence-corrected chi connectivity index (χ2v) is 14.2. The first-order valence-electron chi connectivity index (χ1n) is 20.2. The fourth-order valence-electron chi connectivity index (χ4n) is 5.57. The third-order valence-electron chi connectivity index (χ3n) is 8.87. The van der Waals surface area contributed by atoms with Crippen molar-refractivity contribution in [3.63, 3.8) is 0 Å². The number of allylic oxidation sites excluding steroid dienone is 2. The van der Waals surface area contributed by atoms with E-state index in [0.717, 1.165) is 116 Å². The first-order chi connectivity index (χ1) is 24.0. The molecule has 0 spiro atoms. The monoisotopic (exact) mass is 709 g/mol. The van der Waals surface area contributed by atoms with E-state index in [2.05, 4.69) is 49.6 Å². The summed E-state index contributed by atoms with van der Waals surface area (Å²) in [5.74, 6) is 0.614. The van der Waals surface area contributed by atoms with Crippen molar-refractivity contribution >= 4 is 28.9 Å². The second-order valence-electron chi connectivity index (χ2n) is 13.2. The number of esters is 2. The van der Waals surface area contributed by atoms with Gasteiger partial charge in [-0.15, -0.1) is 0 Å². The highest BCUT2D eigenvalue weighted by atomic mass is 32.2. The average Bonchev–Trinajstić information content (AvgIpc) is 3.10. The van der Waals surface area contributed by atoms with E-state index in [9.17, 15) is 14.4 Å². The van der Waals surface area contributed by atoms with Crippen LogP contribution in [0.15, 0.2) is 24.3 Å². The minimum atomic E-state index is -0.106. The molecule has 49 heavy (non-hydrogen) atoms. The van der Waals surface area contributed by atoms with Gasteiger partial charge in [0, 0.05) is 38.2 Å². The Morgan fingerprint density at radius 3 is 1.39 bits per heavy atom. The van der Waals surface area contributed by atoms with E-state index >= 15 is 0 Å². The lowest BCUT2D eigenvalue weighted by molar-refractivity contribution is -0.143. The van der Waals surface area contributed by atoms with Crippen LogP contribution in [0.25, 0.3) is 0 Å². The number of rotatable bonds is 35. The zero-order valence-corrected chi connectivity index (χ0v) is 33.2. The van der Waals surface area contributed by atoms with E-state index in [-0.39, 0.29) is 17.2 Å². The summed E-state index contributed by atoms with van der Waals surface area (Å²) in [6, 6.07) is 0. The van der Waals surface area contributed by atoms with Crippen molar-refractivity contribution in [2.24, 2.45) is 0 Å². The minimum absolute atomic E-state index is 0.106. The van der Waals surface area contributed by atoms with Crippen LogP contribution in [0.2, 0.25) is 0 Å². The van der Waals surface area contributed by atoms with Crippen molar-refractivity contribution in [1.29, 1.82) is 0 Å². The molecule has 0 aliphatic heterocycles. The summed E-state index contributed by atoms with van der Waals surface area (Å²) in [5, 5.41) is 0.197. The molecule has 7 nitrogen and oxygen atoms in total. The number of carbonyl (C=O) groups excluding carboxylic acids is 3. The number of ether oxygens (including phenoxy) is 2. The van der Waals surface area contributed by atoms with E-state index < -0.39 is 0 Å². The molecule has 0 N–H and O–H groups in total. The fraction of sp³-hybridized carbons (Fsp3) is 0.829. The second kappa shape index (κ2) is 37.5. The predicted octanol–water partition coefficient (Wildman–Crippen LogP) is 11.3. The fourth-order valence-corrected chi connectivity index (χ4v) is 6.46. The molecule has 0 aromatic heterocycles. The van der Waals surface area contributed by atoms with Crippen molar-refractivity contribution < 1.29 is 23.9 Å². The van der Waals surface area contributed by atoms with Crippen LogP contribution in [0.5, 0.6) is 0 Å². The first kappa shape index (κ1) is 47.2. The topological polar surface area (TPSA) is 76.1 Å². The lowest BCUT2D eigenvalue weighted by atomic mass is 10.1. The molecular weight excluding hydrogens is 633 g/mol. The largest absolute Gasteiger partial charge is 0.461 e. The number of hydrogen-bond acceptors (Lipinski definition) is 7. The van der Waals surface area contributed by atoms with E-state index in [0.29, 0.717) is 26.1 Å². The highest BCUT2D eigenvalue weighted by Crippen LogP contribution is 2.15. The summed E-state index contributed by atoms with van der Waals surface area (Å²) in [7, 11) is 0. The Balaban J connectivity index is 4.21. The number of carbonyl (C=O) groups is 3. The molecule has 0 atom stereocenters. The smallest absolute Gasteiger partial charge is 0.306 e. The van der Waals surface area contributed by atoms with Crippen LogP contribution < -0.4 is 0 Å². The molecule has 1 amide bonds. The van der Waals surface area contributed by atoms with Crippen LogP contribution >= 0.6 is 11.8 Å². The van der Waals surface area contributed by atoms with Gasteiger partial charge < -0.3 is 19.3 Å². The van der Waals surface area contributed by atoms with E-state index in [4.69, 9.17) is 9.47 Å². The van der Waals surface area contributed by atoms with Gasteiger partial charge in [0.05, 0.1) is 0 Å². The van der Waals surface area contributed by atoms with Gasteiger partial charge in [0.1, 0.15) is 13.2 Å². The molecule has 0 rings (SSSR count). The van der Waals surface area contributed by atoms with Gasteiger partial charge in [-0.2, -0.15) is 0 Å². The number of nitrogens with zero attached hydrogens (tertiary/aromatic N) is 2. The van der Waals surface area contributed by atoms with Gasteiger partial charge >= 0.3 is 11.9 Å². The SMILES string of the molecule is CCCCCCC=CCOC(=O)CCCCCCCN(CCCCCCCC(=O)OCC=CCCCCCC)C(=O)SCCN(CC)CC. The Labute approximate surface area is 306 Å². The molecule has 8 heteroatoms. The summed E-state index contributed by atoms with van der Waals surface area (Å²) in [5.41, 5.74) is 0. The summed E-state index contributed by atoms with van der Waals surface area (Å²) >= 11 is 1.45. The summed E-state index contributed by atoms with van der Waals surface area (Å²) in [6.07, 6.45) is 31.3. The Morgan fingerprint density at radius 1 is 0.510 bits per heavy atom. The van der Waals surface area contributed by atoms with Gasteiger partial charge in [-0.25, -0.2) is 0 Å². The van der Waals surface area contributed by atoms with Crippen LogP contribution in [0, 0.1) is 0 Å². The van der Waals surface area contributed by atoms with Crippen molar-refractivity contribution in [2.45, 2.75) is 169 Å². The zero-order chi connectivity index (χ0) is 36.0. The first-order valence-corrected chi connectivity index (χ1v) is 21.2. The van der Waals surface area contributed by atoms with Crippen LogP contribution in [-0.4, -0.2) is 78.7 Å². The summed E-state index contributed by atoms with van der Waals surface area (Å²) < 4.78 is 10.7. The van der Waals surface area contributed by atoms with Gasteiger partial charge in [-0.3, -0.25) is 14.4 Å². The lowest BCUT2D eigenvalue weighted by Gasteiger charge is -2.23. The number of hydrogen-bond donors (Lipinski definition) is 0. The number of amides is 1. The normalized spacial score (nSPS) is 11.6. The van der Waals surface area contributed by atoms with Crippen molar-refractivity contribution in [3.05, 3.63) is 24.3 Å². The molecule has 286 valence electrons. The highest BCUT2D eigenvalue weighted by Gasteiger charge is 2.14. The maximum absolute atomic E-state index is 13.1. The third kappa shape index (κ3) is 33.1. The molecule has 0 aliphatic carbocycles. The molecule has 0 aromatic rings. The Kier molecular flexibility index (Phi) is 36.1. The summed E-state index contributed by atoms with van der Waals surface area (Å²) in [6.45, 7) is 14.1. The molecule has 0 saturated carbocycles. The van der Waals surface area contributed by atoms with Gasteiger partial charge in [0.2, 0.25) is 0 Å². The highest BCUT2D eigenvalue weighted by molar-refractivity contribution is 8.13. The molecule has 0 fully saturated rings. The average molecular weight is 709 g/mol. The van der Waals surface area contributed by atoms with Crippen LogP contribution in [0.4, 0.5) is 4.79 Å². The maximum Gasteiger partial charge on any atom is 0.306 e. The summed E-state index contributed by atoms with van der Waals surface area (Å²) in [4.78, 5) is 41.5. The zero-order valence-electron chi connectivity index (χ0n) is 32.4. The molecule has 0 saturated heterocycles. The van der Waals surface area contributed by atoms with Crippen molar-refractivity contribution in [1.82, 2.24) is 9.80 Å². The van der Waals surface area contributed by atoms with Crippen LogP contribution in [0.3, 0.4) is 0 Å². The minimum Gasteiger partial charge on any atom is -0.461 e. The third-order valence-corrected chi connectivity index (χ3v) is 9.76. The van der Waals surface area contributed by atoms with Gasteiger partial charge in [-0.05, 0) is 64.5 Å². The van der Waals surface area contributed by atoms with Crippen molar-refractivity contribution in [2.75, 3.05) is 51.7 Å².